The molecule has 0 bridgehead atoms. The molecule has 0 rings (SSSR count). The molecule has 0 aliphatic carbocycles. The molecule has 0 amide bonds. The van der Waals surface area contributed by atoms with Crippen LogP contribution in [-0.4, -0.2) is 44.0 Å². The van der Waals surface area contributed by atoms with Crippen LogP contribution in [0.4, 0.5) is 0 Å². The van der Waals surface area contributed by atoms with Gasteiger partial charge in [-0.2, -0.15) is 0 Å². The number of hydrogen-bond donors (Lipinski definition) is 9. The summed E-state index contributed by atoms with van der Waals surface area (Å²) >= 11 is 0. The second-order valence-corrected chi connectivity index (χ2v) is 3.09. The van der Waals surface area contributed by atoms with Crippen molar-refractivity contribution in [1.82, 2.24) is 0 Å². The molecule has 19 heteroatoms. The summed E-state index contributed by atoms with van der Waals surface area (Å²) in [5.41, 5.74) is 0. The van der Waals surface area contributed by atoms with Crippen molar-refractivity contribution < 1.29 is 213 Å². The molecule has 0 aliphatic heterocycles. The van der Waals surface area contributed by atoms with Crippen LogP contribution >= 0.6 is 34.4 Å². The van der Waals surface area contributed by atoms with Crippen molar-refractivity contribution in [3.05, 3.63) is 0 Å². The van der Waals surface area contributed by atoms with Gasteiger partial charge in [0.25, 0.3) is 0 Å². The number of hydrogen-bond acceptors (Lipinski definition) is 12. The molecule has 0 saturated heterocycles. The zero-order valence-corrected chi connectivity index (χ0v) is 23.0. The van der Waals surface area contributed by atoms with Gasteiger partial charge >= 0.3 is 180 Å². The van der Waals surface area contributed by atoms with Crippen molar-refractivity contribution >= 4 is 34.4 Å². The largest absolute Gasteiger partial charge is 1.00 e. The second-order valence-electron chi connectivity index (χ2n) is 1.03. The minimum atomic E-state index is -3.37. The van der Waals surface area contributed by atoms with Gasteiger partial charge in [-0.15, -0.1) is 0 Å². The summed E-state index contributed by atoms with van der Waals surface area (Å²) in [6.07, 6.45) is 0. The van der Waals surface area contributed by atoms with Crippen LogP contribution in [0.3, 0.4) is 0 Å². The molecule has 12 nitrogen and oxygen atoms in total. The molecule has 0 spiro atoms. The quantitative estimate of drug-likeness (QED) is 0.125. The van der Waals surface area contributed by atoms with Gasteiger partial charge in [-0.25, -0.2) is 0 Å². The molecule has 0 aromatic rings. The van der Waals surface area contributed by atoms with E-state index in [0.717, 1.165) is 0 Å². The molecule has 0 radical (unpaired) electrons. The molecule has 0 saturated carbocycles. The Balaban J connectivity index is -0.0000000192. The first kappa shape index (κ1) is 44.5. The van der Waals surface area contributed by atoms with Gasteiger partial charge in [0, 0.05) is 0 Å². The van der Waals surface area contributed by atoms with Gasteiger partial charge in [0.2, 0.25) is 0 Å². The molecular formula is H9K3O12P4. The first-order chi connectivity index (χ1) is 6.93. The van der Waals surface area contributed by atoms with Crippen LogP contribution < -0.4 is 169 Å². The zero-order valence-electron chi connectivity index (χ0n) is 10.0. The summed E-state index contributed by atoms with van der Waals surface area (Å²) in [6, 6.07) is 0. The van der Waals surface area contributed by atoms with Crippen molar-refractivity contribution in [1.29, 1.82) is 0 Å². The maximum absolute atomic E-state index is 8.48. The van der Waals surface area contributed by atoms with Crippen LogP contribution in [0.1, 0.15) is 0 Å². The van der Waals surface area contributed by atoms with E-state index in [9.17, 15) is 0 Å². The maximum atomic E-state index is 8.48. The Morgan fingerprint density at radius 1 is 0.421 bits per heavy atom. The van der Waals surface area contributed by atoms with Crippen LogP contribution in [0, 0.1) is 0 Å². The van der Waals surface area contributed by atoms with E-state index in [0.29, 0.717) is 0 Å². The summed E-state index contributed by atoms with van der Waals surface area (Å²) in [7, 11) is -11.2. The van der Waals surface area contributed by atoms with Gasteiger partial charge in [-0.1, -0.05) is 0 Å². The minimum absolute atomic E-state index is 0. The molecule has 9 N–H and O–H groups in total. The predicted octanol–water partition coefficient (Wildman–Crippen LogP) is -14.1. The molecule has 0 heterocycles. The van der Waals surface area contributed by atoms with Crippen LogP contribution in [0.25, 0.3) is 0 Å². The average Bonchev–Trinajstić information content (AvgIpc) is 1.76. The molecular weight excluding hydrogens is 433 g/mol. The second kappa shape index (κ2) is 39.3. The first-order valence-corrected chi connectivity index (χ1v) is 7.04. The standard InChI is InChI=1S/3K.3H3O3P.O3P/c;;;4*1-4(2)3/h;;;3*1-3H;/q3*+1;;;;-3. The molecule has 0 aromatic carbocycles. The van der Waals surface area contributed by atoms with Gasteiger partial charge in [0.05, 0.1) is 0 Å². The predicted molar refractivity (Wildman–Crippen MR) is 47.6 cm³/mol. The smallest absolute Gasteiger partial charge is 0.854 e. The van der Waals surface area contributed by atoms with Crippen molar-refractivity contribution in [2.75, 3.05) is 0 Å². The van der Waals surface area contributed by atoms with Crippen LogP contribution in [-0.2, 0) is 0 Å². The van der Waals surface area contributed by atoms with Crippen molar-refractivity contribution in [2.45, 2.75) is 0 Å². The average molecular weight is 442 g/mol. The van der Waals surface area contributed by atoms with E-state index in [-0.39, 0.29) is 154 Å². The number of rotatable bonds is 0. The fourth-order valence-electron chi connectivity index (χ4n) is 0. The van der Waals surface area contributed by atoms with Gasteiger partial charge in [-0.3, -0.25) is 0 Å². The topological polar surface area (TPSA) is 251 Å². The van der Waals surface area contributed by atoms with E-state index in [4.69, 9.17) is 58.7 Å². The third kappa shape index (κ3) is 313. The Bertz CT molecular complexity index is 68.0. The normalized spacial score (nSPS) is 7.58. The molecule has 0 fully saturated rings. The fourth-order valence-corrected chi connectivity index (χ4v) is 0. The van der Waals surface area contributed by atoms with Crippen molar-refractivity contribution in [3.8, 4) is 0 Å². The van der Waals surface area contributed by atoms with Crippen molar-refractivity contribution in [3.63, 3.8) is 0 Å². The monoisotopic (exact) mass is 442 g/mol. The SMILES string of the molecule is OP(O)O.OP(O)O.OP(O)O.[K+].[K+].[K+].[O-]P([O-])[O-]. The van der Waals surface area contributed by atoms with E-state index in [1.165, 1.54) is 0 Å². The van der Waals surface area contributed by atoms with E-state index < -0.39 is 34.4 Å². The summed E-state index contributed by atoms with van der Waals surface area (Å²) < 4.78 is 0. The maximum Gasteiger partial charge on any atom is 1.00 e. The first-order valence-electron chi connectivity index (χ1n) is 2.35. The molecule has 0 aromatic heterocycles. The van der Waals surface area contributed by atoms with Crippen LogP contribution in [0.2, 0.25) is 0 Å². The van der Waals surface area contributed by atoms with Gasteiger partial charge in [-0.05, 0) is 0 Å². The van der Waals surface area contributed by atoms with Crippen LogP contribution in [0.15, 0.2) is 0 Å². The molecule has 19 heavy (non-hydrogen) atoms. The Hall–Kier alpha value is 6.15. The molecule has 0 aliphatic rings. The molecule has 0 unspecified atom stereocenters. The van der Waals surface area contributed by atoms with E-state index in [2.05, 4.69) is 0 Å². The summed E-state index contributed by atoms with van der Waals surface area (Å²) in [4.78, 5) is 90.5. The van der Waals surface area contributed by atoms with E-state index >= 15 is 0 Å². The van der Waals surface area contributed by atoms with E-state index in [1.54, 1.807) is 0 Å². The van der Waals surface area contributed by atoms with Gasteiger partial charge < -0.3 is 67.3 Å². The van der Waals surface area contributed by atoms with Gasteiger partial charge in [0.1, 0.15) is 0 Å². The Morgan fingerprint density at radius 3 is 0.421 bits per heavy atom. The van der Waals surface area contributed by atoms with Gasteiger partial charge in [0.15, 0.2) is 0 Å². The Kier molecular flexibility index (Phi) is 92.1. The minimum Gasteiger partial charge on any atom is -0.854 e. The molecule has 0 atom stereocenters. The summed E-state index contributed by atoms with van der Waals surface area (Å²) in [5.74, 6) is 0. The summed E-state index contributed by atoms with van der Waals surface area (Å²) in [6.45, 7) is 0. The fraction of sp³-hybridized carbons (Fsp3) is 0. The summed E-state index contributed by atoms with van der Waals surface area (Å²) in [5, 5.41) is 0. The van der Waals surface area contributed by atoms with Crippen LogP contribution in [0.5, 0.6) is 0 Å². The third-order valence-electron chi connectivity index (χ3n) is 0. The van der Waals surface area contributed by atoms with Crippen molar-refractivity contribution in [2.24, 2.45) is 0 Å². The molecule has 104 valence electrons. The third-order valence-corrected chi connectivity index (χ3v) is 0. The Labute approximate surface area is 241 Å². The zero-order chi connectivity index (χ0) is 14.3. The Morgan fingerprint density at radius 2 is 0.421 bits per heavy atom. The van der Waals surface area contributed by atoms with E-state index in [1.807, 2.05) is 0 Å².